The molecule has 20 heavy (non-hydrogen) atoms. The second-order valence-corrected chi connectivity index (χ2v) is 6.45. The van der Waals surface area contributed by atoms with Crippen LogP contribution in [0.5, 0.6) is 0 Å². The van der Waals surface area contributed by atoms with Crippen molar-refractivity contribution in [3.05, 3.63) is 0 Å². The van der Waals surface area contributed by atoms with Crippen molar-refractivity contribution in [1.29, 1.82) is 0 Å². The lowest BCUT2D eigenvalue weighted by atomic mass is 9.94. The van der Waals surface area contributed by atoms with Crippen LogP contribution in [0.4, 0.5) is 4.79 Å². The smallest absolute Gasteiger partial charge is 0.317 e. The molecule has 0 aromatic rings. The Morgan fingerprint density at radius 2 is 2.15 bits per heavy atom. The number of aliphatic hydroxyl groups is 1. The van der Waals surface area contributed by atoms with Crippen molar-refractivity contribution in [2.75, 3.05) is 19.7 Å². The van der Waals surface area contributed by atoms with Crippen LogP contribution in [0.2, 0.25) is 0 Å². The lowest BCUT2D eigenvalue weighted by Gasteiger charge is -2.35. The molecule has 4 heteroatoms. The molecular weight excluding hydrogens is 252 g/mol. The molecule has 0 saturated carbocycles. The zero-order valence-corrected chi connectivity index (χ0v) is 13.4. The Kier molecular flexibility index (Phi) is 7.97. The Morgan fingerprint density at radius 1 is 1.40 bits per heavy atom. The topological polar surface area (TPSA) is 52.6 Å². The standard InChI is InChI=1S/C16H32N2O2/c1-4-15-7-5-6-9-18(15)16(20)17-12-14(8-10-19)11-13(2)3/h13-15,19H,4-12H2,1-3H3,(H,17,20). The van der Waals surface area contributed by atoms with Crippen molar-refractivity contribution in [3.63, 3.8) is 0 Å². The van der Waals surface area contributed by atoms with Gasteiger partial charge in [-0.15, -0.1) is 0 Å². The quantitative estimate of drug-likeness (QED) is 0.755. The molecule has 2 amide bonds. The van der Waals surface area contributed by atoms with Gasteiger partial charge < -0.3 is 15.3 Å². The van der Waals surface area contributed by atoms with Crippen molar-refractivity contribution in [2.45, 2.75) is 65.3 Å². The van der Waals surface area contributed by atoms with Gasteiger partial charge in [0.15, 0.2) is 0 Å². The third-order valence-electron chi connectivity index (χ3n) is 4.24. The molecule has 2 N–H and O–H groups in total. The summed E-state index contributed by atoms with van der Waals surface area (Å²) in [6.45, 7) is 8.30. The monoisotopic (exact) mass is 284 g/mol. The number of nitrogens with zero attached hydrogens (tertiary/aromatic N) is 1. The van der Waals surface area contributed by atoms with Crippen LogP contribution in [0.25, 0.3) is 0 Å². The molecular formula is C16H32N2O2. The highest BCUT2D eigenvalue weighted by molar-refractivity contribution is 5.74. The summed E-state index contributed by atoms with van der Waals surface area (Å²) < 4.78 is 0. The number of urea groups is 1. The van der Waals surface area contributed by atoms with Gasteiger partial charge in [0.05, 0.1) is 0 Å². The second-order valence-electron chi connectivity index (χ2n) is 6.45. The van der Waals surface area contributed by atoms with Crippen LogP contribution in [0.15, 0.2) is 0 Å². The molecule has 1 aliphatic rings. The predicted molar refractivity (Wildman–Crippen MR) is 82.7 cm³/mol. The zero-order chi connectivity index (χ0) is 15.0. The Balaban J connectivity index is 2.42. The molecule has 2 unspecified atom stereocenters. The van der Waals surface area contributed by atoms with E-state index >= 15 is 0 Å². The molecule has 1 rings (SSSR count). The van der Waals surface area contributed by atoms with Gasteiger partial charge in [0.1, 0.15) is 0 Å². The van der Waals surface area contributed by atoms with E-state index in [0.717, 1.165) is 38.6 Å². The molecule has 0 aliphatic carbocycles. The van der Waals surface area contributed by atoms with Crippen molar-refractivity contribution in [1.82, 2.24) is 10.2 Å². The van der Waals surface area contributed by atoms with Gasteiger partial charge in [-0.05, 0) is 50.4 Å². The minimum absolute atomic E-state index is 0.0863. The summed E-state index contributed by atoms with van der Waals surface area (Å²) in [5, 5.41) is 12.2. The SMILES string of the molecule is CCC1CCCCN1C(=O)NCC(CCO)CC(C)C. The van der Waals surface area contributed by atoms with Crippen molar-refractivity contribution >= 4 is 6.03 Å². The van der Waals surface area contributed by atoms with Gasteiger partial charge in [-0.1, -0.05) is 20.8 Å². The number of rotatable bonds is 7. The Bertz CT molecular complexity index is 282. The van der Waals surface area contributed by atoms with E-state index < -0.39 is 0 Å². The van der Waals surface area contributed by atoms with Crippen LogP contribution < -0.4 is 5.32 Å². The number of likely N-dealkylation sites (tertiary alicyclic amines) is 1. The van der Waals surface area contributed by atoms with E-state index in [1.807, 2.05) is 4.90 Å². The van der Waals surface area contributed by atoms with Crippen LogP contribution in [-0.2, 0) is 0 Å². The highest BCUT2D eigenvalue weighted by atomic mass is 16.3. The zero-order valence-electron chi connectivity index (χ0n) is 13.4. The maximum atomic E-state index is 12.3. The number of carbonyl (C=O) groups is 1. The van der Waals surface area contributed by atoms with E-state index in [9.17, 15) is 4.79 Å². The molecule has 2 atom stereocenters. The highest BCUT2D eigenvalue weighted by Gasteiger charge is 2.25. The summed E-state index contributed by atoms with van der Waals surface area (Å²) in [6, 6.07) is 0.494. The van der Waals surface area contributed by atoms with Gasteiger partial charge in [0.2, 0.25) is 0 Å². The second kappa shape index (κ2) is 9.22. The molecule has 0 aromatic carbocycles. The fourth-order valence-electron chi connectivity index (χ4n) is 3.18. The fraction of sp³-hybridized carbons (Fsp3) is 0.938. The highest BCUT2D eigenvalue weighted by Crippen LogP contribution is 2.20. The molecule has 1 heterocycles. The number of hydrogen-bond donors (Lipinski definition) is 2. The van der Waals surface area contributed by atoms with Crippen molar-refractivity contribution in [2.24, 2.45) is 11.8 Å². The van der Waals surface area contributed by atoms with Gasteiger partial charge in [-0.2, -0.15) is 0 Å². The number of amides is 2. The van der Waals surface area contributed by atoms with Gasteiger partial charge in [0.25, 0.3) is 0 Å². The van der Waals surface area contributed by atoms with Gasteiger partial charge in [0, 0.05) is 25.7 Å². The van der Waals surface area contributed by atoms with Crippen molar-refractivity contribution < 1.29 is 9.90 Å². The van der Waals surface area contributed by atoms with Gasteiger partial charge in [-0.3, -0.25) is 0 Å². The normalized spacial score (nSPS) is 21.1. The van der Waals surface area contributed by atoms with E-state index in [1.54, 1.807) is 0 Å². The van der Waals surface area contributed by atoms with E-state index in [-0.39, 0.29) is 12.6 Å². The third-order valence-corrected chi connectivity index (χ3v) is 4.24. The molecule has 1 fully saturated rings. The largest absolute Gasteiger partial charge is 0.396 e. The molecule has 0 bridgehead atoms. The summed E-state index contributed by atoms with van der Waals surface area (Å²) >= 11 is 0. The number of carbonyl (C=O) groups excluding carboxylic acids is 1. The van der Waals surface area contributed by atoms with Crippen LogP contribution in [0.1, 0.15) is 59.3 Å². The summed E-state index contributed by atoms with van der Waals surface area (Å²) in [5.74, 6) is 0.982. The fourth-order valence-corrected chi connectivity index (χ4v) is 3.18. The first kappa shape index (κ1) is 17.3. The van der Waals surface area contributed by atoms with E-state index in [0.29, 0.717) is 24.4 Å². The van der Waals surface area contributed by atoms with Gasteiger partial charge in [-0.25, -0.2) is 4.79 Å². The first-order valence-corrected chi connectivity index (χ1v) is 8.23. The molecule has 0 radical (unpaired) electrons. The molecule has 0 spiro atoms. The van der Waals surface area contributed by atoms with Crippen LogP contribution in [0.3, 0.4) is 0 Å². The average Bonchev–Trinajstić information content (AvgIpc) is 2.44. The lowest BCUT2D eigenvalue weighted by Crippen LogP contribution is -2.49. The van der Waals surface area contributed by atoms with E-state index in [2.05, 4.69) is 26.1 Å². The summed E-state index contributed by atoms with van der Waals surface area (Å²) in [5.41, 5.74) is 0. The predicted octanol–water partition coefficient (Wildman–Crippen LogP) is 3.01. The van der Waals surface area contributed by atoms with Gasteiger partial charge >= 0.3 is 6.03 Å². The minimum Gasteiger partial charge on any atom is -0.396 e. The Labute approximate surface area is 123 Å². The molecule has 1 saturated heterocycles. The Morgan fingerprint density at radius 3 is 2.75 bits per heavy atom. The maximum Gasteiger partial charge on any atom is 0.317 e. The van der Waals surface area contributed by atoms with E-state index in [1.165, 1.54) is 6.42 Å². The van der Waals surface area contributed by atoms with E-state index in [4.69, 9.17) is 5.11 Å². The summed E-state index contributed by atoms with van der Waals surface area (Å²) in [7, 11) is 0. The first-order chi connectivity index (χ1) is 9.58. The van der Waals surface area contributed by atoms with Crippen LogP contribution in [-0.4, -0.2) is 41.8 Å². The molecule has 1 aliphatic heterocycles. The van der Waals surface area contributed by atoms with Crippen LogP contribution in [0, 0.1) is 11.8 Å². The third kappa shape index (κ3) is 5.70. The lowest BCUT2D eigenvalue weighted by molar-refractivity contribution is 0.146. The first-order valence-electron chi connectivity index (χ1n) is 8.23. The molecule has 4 nitrogen and oxygen atoms in total. The summed E-state index contributed by atoms with van der Waals surface area (Å²) in [6.07, 6.45) is 6.36. The summed E-state index contributed by atoms with van der Waals surface area (Å²) in [4.78, 5) is 14.3. The molecule has 0 aromatic heterocycles. The maximum absolute atomic E-state index is 12.3. The Hall–Kier alpha value is -0.770. The number of aliphatic hydroxyl groups excluding tert-OH is 1. The number of hydrogen-bond acceptors (Lipinski definition) is 2. The minimum atomic E-state index is 0.0863. The van der Waals surface area contributed by atoms with Crippen molar-refractivity contribution in [3.8, 4) is 0 Å². The number of nitrogens with one attached hydrogen (secondary N) is 1. The average molecular weight is 284 g/mol. The number of piperidine rings is 1. The molecule has 118 valence electrons. The van der Waals surface area contributed by atoms with Crippen LogP contribution >= 0.6 is 0 Å².